The summed E-state index contributed by atoms with van der Waals surface area (Å²) in [6, 6.07) is 2.48. The van der Waals surface area contributed by atoms with E-state index >= 15 is 0 Å². The lowest BCUT2D eigenvalue weighted by atomic mass is 10.1. The lowest BCUT2D eigenvalue weighted by Gasteiger charge is -2.24. The van der Waals surface area contributed by atoms with Gasteiger partial charge in [-0.2, -0.15) is 0 Å². The van der Waals surface area contributed by atoms with Crippen molar-refractivity contribution in [2.24, 2.45) is 0 Å². The van der Waals surface area contributed by atoms with E-state index < -0.39 is 0 Å². The second kappa shape index (κ2) is 8.04. The van der Waals surface area contributed by atoms with E-state index in [4.69, 9.17) is 4.74 Å². The molecule has 0 saturated carbocycles. The van der Waals surface area contributed by atoms with Crippen LogP contribution >= 0.6 is 0 Å². The predicted octanol–water partition coefficient (Wildman–Crippen LogP) is 2.84. The van der Waals surface area contributed by atoms with Gasteiger partial charge in [-0.05, 0) is 25.7 Å². The zero-order chi connectivity index (χ0) is 14.2. The Balaban J connectivity index is 2.06. The summed E-state index contributed by atoms with van der Waals surface area (Å²) in [6.07, 6.45) is 5.17. The van der Waals surface area contributed by atoms with Gasteiger partial charge in [0.15, 0.2) is 0 Å². The van der Waals surface area contributed by atoms with Crippen LogP contribution in [0.15, 0.2) is 6.07 Å². The van der Waals surface area contributed by atoms with Crippen LogP contribution in [0.4, 0.5) is 11.6 Å². The fraction of sp³-hybridized carbons (Fsp3) is 0.733. The topological polar surface area (TPSA) is 59.1 Å². The van der Waals surface area contributed by atoms with Gasteiger partial charge in [0.1, 0.15) is 17.5 Å². The summed E-state index contributed by atoms with van der Waals surface area (Å²) >= 11 is 0. The molecule has 0 aromatic carbocycles. The van der Waals surface area contributed by atoms with Crippen LogP contribution in [0.5, 0.6) is 0 Å². The van der Waals surface area contributed by atoms with Crippen molar-refractivity contribution in [1.29, 1.82) is 0 Å². The van der Waals surface area contributed by atoms with Gasteiger partial charge in [0.25, 0.3) is 0 Å². The zero-order valence-corrected chi connectivity index (χ0v) is 12.6. The van der Waals surface area contributed by atoms with Gasteiger partial charge in [-0.1, -0.05) is 13.8 Å². The van der Waals surface area contributed by atoms with Crippen LogP contribution in [0.1, 0.15) is 45.4 Å². The summed E-state index contributed by atoms with van der Waals surface area (Å²) in [4.78, 5) is 9.19. The van der Waals surface area contributed by atoms with E-state index in [2.05, 4.69) is 34.4 Å². The highest BCUT2D eigenvalue weighted by molar-refractivity contribution is 5.48. The maximum atomic E-state index is 5.39. The third kappa shape index (κ3) is 4.63. The number of hydrogen-bond donors (Lipinski definition) is 2. The van der Waals surface area contributed by atoms with Crippen molar-refractivity contribution in [2.75, 3.05) is 30.4 Å². The second-order valence-corrected chi connectivity index (χ2v) is 5.26. The van der Waals surface area contributed by atoms with E-state index in [9.17, 15) is 0 Å². The molecule has 0 atom stereocenters. The van der Waals surface area contributed by atoms with Crippen molar-refractivity contribution >= 4 is 11.6 Å². The minimum atomic E-state index is 0.465. The lowest BCUT2D eigenvalue weighted by Crippen LogP contribution is -2.28. The van der Waals surface area contributed by atoms with Crippen molar-refractivity contribution in [3.63, 3.8) is 0 Å². The highest BCUT2D eigenvalue weighted by Crippen LogP contribution is 2.17. The first-order valence-electron chi connectivity index (χ1n) is 7.78. The predicted molar refractivity (Wildman–Crippen MR) is 82.3 cm³/mol. The molecule has 5 heteroatoms. The van der Waals surface area contributed by atoms with Crippen LogP contribution in [0.3, 0.4) is 0 Å². The van der Waals surface area contributed by atoms with E-state index in [1.807, 2.05) is 6.07 Å². The Hall–Kier alpha value is -1.36. The molecule has 0 aliphatic carbocycles. The van der Waals surface area contributed by atoms with Gasteiger partial charge in [0.05, 0.1) is 0 Å². The van der Waals surface area contributed by atoms with Gasteiger partial charge in [-0.25, -0.2) is 9.97 Å². The van der Waals surface area contributed by atoms with Crippen LogP contribution in [0.25, 0.3) is 0 Å². The zero-order valence-electron chi connectivity index (χ0n) is 12.6. The first-order chi connectivity index (χ1) is 9.81. The average Bonchev–Trinajstić information content (AvgIpc) is 2.46. The fourth-order valence-electron chi connectivity index (χ4n) is 2.30. The van der Waals surface area contributed by atoms with Gasteiger partial charge in [0.2, 0.25) is 0 Å². The Bertz CT molecular complexity index is 405. The molecule has 0 spiro atoms. The summed E-state index contributed by atoms with van der Waals surface area (Å²) in [6.45, 7) is 6.93. The molecule has 2 heterocycles. The molecule has 1 aromatic heterocycles. The quantitative estimate of drug-likeness (QED) is 0.803. The highest BCUT2D eigenvalue weighted by Gasteiger charge is 2.14. The van der Waals surface area contributed by atoms with Crippen LogP contribution in [-0.2, 0) is 11.2 Å². The first-order valence-corrected chi connectivity index (χ1v) is 7.78. The molecule has 1 fully saturated rings. The van der Waals surface area contributed by atoms with Gasteiger partial charge >= 0.3 is 0 Å². The Morgan fingerprint density at radius 1 is 1.15 bits per heavy atom. The molecule has 0 amide bonds. The highest BCUT2D eigenvalue weighted by atomic mass is 16.5. The molecule has 0 unspecified atom stereocenters. The smallest absolute Gasteiger partial charge is 0.133 e. The van der Waals surface area contributed by atoms with Crippen molar-refractivity contribution in [2.45, 2.75) is 52.0 Å². The van der Waals surface area contributed by atoms with Crippen molar-refractivity contribution in [3.05, 3.63) is 11.9 Å². The Morgan fingerprint density at radius 2 is 1.90 bits per heavy atom. The monoisotopic (exact) mass is 278 g/mol. The molecular weight excluding hydrogens is 252 g/mol. The molecule has 0 bridgehead atoms. The lowest BCUT2D eigenvalue weighted by molar-refractivity contribution is 0.0904. The summed E-state index contributed by atoms with van der Waals surface area (Å²) < 4.78 is 5.39. The van der Waals surface area contributed by atoms with Gasteiger partial charge in [-0.15, -0.1) is 0 Å². The molecule has 20 heavy (non-hydrogen) atoms. The average molecular weight is 278 g/mol. The van der Waals surface area contributed by atoms with E-state index in [1.54, 1.807) is 0 Å². The SMILES string of the molecule is CCCNc1cc(NC2CCOCC2)nc(CCC)n1. The third-order valence-corrected chi connectivity index (χ3v) is 3.38. The fourth-order valence-corrected chi connectivity index (χ4v) is 2.30. The largest absolute Gasteiger partial charge is 0.381 e. The molecule has 2 N–H and O–H groups in total. The molecule has 112 valence electrons. The van der Waals surface area contributed by atoms with E-state index in [1.165, 1.54) is 0 Å². The third-order valence-electron chi connectivity index (χ3n) is 3.38. The maximum absolute atomic E-state index is 5.39. The minimum Gasteiger partial charge on any atom is -0.381 e. The van der Waals surface area contributed by atoms with Gasteiger partial charge in [-0.3, -0.25) is 0 Å². The number of ether oxygens (including phenoxy) is 1. The van der Waals surface area contributed by atoms with Gasteiger partial charge < -0.3 is 15.4 Å². The number of rotatable bonds is 7. The molecule has 0 radical (unpaired) electrons. The summed E-state index contributed by atoms with van der Waals surface area (Å²) in [5.41, 5.74) is 0. The molecule has 1 saturated heterocycles. The molecular formula is C15H26N4O. The molecule has 1 aliphatic heterocycles. The number of aromatic nitrogens is 2. The Kier molecular flexibility index (Phi) is 6.05. The van der Waals surface area contributed by atoms with Crippen LogP contribution in [-0.4, -0.2) is 35.8 Å². The van der Waals surface area contributed by atoms with Crippen LogP contribution < -0.4 is 10.6 Å². The van der Waals surface area contributed by atoms with E-state index in [0.29, 0.717) is 6.04 Å². The maximum Gasteiger partial charge on any atom is 0.133 e. The minimum absolute atomic E-state index is 0.465. The first kappa shape index (κ1) is 15.0. The van der Waals surface area contributed by atoms with E-state index in [0.717, 1.165) is 69.3 Å². The normalized spacial score (nSPS) is 16.1. The number of nitrogens with zero attached hydrogens (tertiary/aromatic N) is 2. The summed E-state index contributed by atoms with van der Waals surface area (Å²) in [5, 5.41) is 6.88. The molecule has 2 rings (SSSR count). The second-order valence-electron chi connectivity index (χ2n) is 5.26. The van der Waals surface area contributed by atoms with E-state index in [-0.39, 0.29) is 0 Å². The number of anilines is 2. The van der Waals surface area contributed by atoms with Crippen LogP contribution in [0.2, 0.25) is 0 Å². The number of nitrogens with one attached hydrogen (secondary N) is 2. The summed E-state index contributed by atoms with van der Waals surface area (Å²) in [7, 11) is 0. The van der Waals surface area contributed by atoms with Crippen molar-refractivity contribution < 1.29 is 4.74 Å². The van der Waals surface area contributed by atoms with Gasteiger partial charge in [0, 0.05) is 38.3 Å². The summed E-state index contributed by atoms with van der Waals surface area (Å²) in [5.74, 6) is 2.79. The molecule has 5 nitrogen and oxygen atoms in total. The Morgan fingerprint density at radius 3 is 2.60 bits per heavy atom. The standard InChI is InChI=1S/C15H26N4O/c1-3-5-13-18-14(16-8-4-2)11-15(19-13)17-12-6-9-20-10-7-12/h11-12H,3-10H2,1-2H3,(H2,16,17,18,19). The van der Waals surface area contributed by atoms with Crippen LogP contribution in [0, 0.1) is 0 Å². The van der Waals surface area contributed by atoms with Crippen molar-refractivity contribution in [3.8, 4) is 0 Å². The molecule has 1 aromatic rings. The Labute approximate surface area is 121 Å². The molecule has 1 aliphatic rings. The number of hydrogen-bond acceptors (Lipinski definition) is 5. The number of aryl methyl sites for hydroxylation is 1. The van der Waals surface area contributed by atoms with Crippen molar-refractivity contribution in [1.82, 2.24) is 9.97 Å².